The average Bonchev–Trinajstić information content (AvgIpc) is 2.42. The summed E-state index contributed by atoms with van der Waals surface area (Å²) in [6.45, 7) is 2.45. The van der Waals surface area contributed by atoms with Crippen LogP contribution in [0.15, 0.2) is 18.2 Å². The number of hydrogen-bond donors (Lipinski definition) is 3. The Balaban J connectivity index is 2.60. The van der Waals surface area contributed by atoms with Gasteiger partial charge in [-0.15, -0.1) is 0 Å². The lowest BCUT2D eigenvalue weighted by Gasteiger charge is -2.24. The van der Waals surface area contributed by atoms with Crippen LogP contribution in [0.3, 0.4) is 0 Å². The molecule has 1 aromatic rings. The lowest BCUT2D eigenvalue weighted by molar-refractivity contribution is -0.126. The second-order valence-corrected chi connectivity index (χ2v) is 4.81. The minimum absolute atomic E-state index is 0.123. The van der Waals surface area contributed by atoms with Crippen molar-refractivity contribution in [3.63, 3.8) is 0 Å². The Morgan fingerprint density at radius 2 is 1.90 bits per heavy atom. The van der Waals surface area contributed by atoms with Gasteiger partial charge in [0, 0.05) is 18.1 Å². The van der Waals surface area contributed by atoms with Crippen LogP contribution in [0.1, 0.15) is 25.8 Å². The van der Waals surface area contributed by atoms with E-state index < -0.39 is 23.1 Å². The summed E-state index contributed by atoms with van der Waals surface area (Å²) in [5.41, 5.74) is -1.82. The Bertz CT molecular complexity index is 533. The van der Waals surface area contributed by atoms with Gasteiger partial charge >= 0.3 is 0 Å². The number of amides is 2. The van der Waals surface area contributed by atoms with E-state index in [0.29, 0.717) is 6.07 Å². The number of hydrogen-bond acceptors (Lipinski definition) is 3. The van der Waals surface area contributed by atoms with E-state index in [0.717, 1.165) is 12.1 Å². The third kappa shape index (κ3) is 5.11. The van der Waals surface area contributed by atoms with Gasteiger partial charge in [-0.3, -0.25) is 9.59 Å². The zero-order chi connectivity index (χ0) is 16.0. The molecule has 0 fully saturated rings. The maximum Gasteiger partial charge on any atom is 0.239 e. The number of halogens is 2. The fourth-order valence-corrected chi connectivity index (χ4v) is 1.66. The third-order valence-electron chi connectivity index (χ3n) is 2.91. The summed E-state index contributed by atoms with van der Waals surface area (Å²) >= 11 is 0. The molecule has 116 valence electrons. The SMILES string of the molecule is CCC(=O)NCC(=O)NCC(C)(O)c1ccc(F)cc1F. The number of rotatable bonds is 6. The van der Waals surface area contributed by atoms with Crippen molar-refractivity contribution in [3.8, 4) is 0 Å². The van der Waals surface area contributed by atoms with Gasteiger partial charge in [-0.2, -0.15) is 0 Å². The first kappa shape index (κ1) is 17.0. The third-order valence-corrected chi connectivity index (χ3v) is 2.91. The molecule has 0 saturated heterocycles. The van der Waals surface area contributed by atoms with Gasteiger partial charge in [0.05, 0.1) is 13.1 Å². The van der Waals surface area contributed by atoms with Crippen LogP contribution in [-0.4, -0.2) is 30.0 Å². The summed E-state index contributed by atoms with van der Waals surface area (Å²) in [7, 11) is 0. The predicted molar refractivity (Wildman–Crippen MR) is 72.2 cm³/mol. The molecule has 0 radical (unpaired) electrons. The van der Waals surface area contributed by atoms with Crippen LogP contribution in [0.2, 0.25) is 0 Å². The fraction of sp³-hybridized carbons (Fsp3) is 0.429. The summed E-state index contributed by atoms with van der Waals surface area (Å²) in [6.07, 6.45) is 0.256. The maximum absolute atomic E-state index is 13.6. The molecule has 1 aromatic carbocycles. The molecule has 1 atom stereocenters. The van der Waals surface area contributed by atoms with Crippen molar-refractivity contribution in [2.24, 2.45) is 0 Å². The number of aliphatic hydroxyl groups is 1. The molecule has 0 aliphatic carbocycles. The summed E-state index contributed by atoms with van der Waals surface area (Å²) in [5, 5.41) is 14.9. The molecule has 5 nitrogen and oxygen atoms in total. The standard InChI is InChI=1S/C14H18F2N2O3/c1-3-12(19)17-7-13(20)18-8-14(2,21)10-5-4-9(15)6-11(10)16/h4-6,21H,3,7-8H2,1-2H3,(H,17,19)(H,18,20). The first-order valence-electron chi connectivity index (χ1n) is 6.47. The molecule has 0 heterocycles. The lowest BCUT2D eigenvalue weighted by atomic mass is 9.95. The van der Waals surface area contributed by atoms with Crippen molar-refractivity contribution in [1.29, 1.82) is 0 Å². The molecular formula is C14H18F2N2O3. The second kappa shape index (κ2) is 7.12. The van der Waals surface area contributed by atoms with Crippen molar-refractivity contribution in [3.05, 3.63) is 35.4 Å². The minimum Gasteiger partial charge on any atom is -0.383 e. The number of benzene rings is 1. The highest BCUT2D eigenvalue weighted by Gasteiger charge is 2.27. The summed E-state index contributed by atoms with van der Waals surface area (Å²) in [5.74, 6) is -2.44. The Morgan fingerprint density at radius 3 is 2.48 bits per heavy atom. The van der Waals surface area contributed by atoms with Gasteiger partial charge in [-0.25, -0.2) is 8.78 Å². The Labute approximate surface area is 121 Å². The fourth-order valence-electron chi connectivity index (χ4n) is 1.66. The Morgan fingerprint density at radius 1 is 1.24 bits per heavy atom. The van der Waals surface area contributed by atoms with E-state index in [1.807, 2.05) is 0 Å². The van der Waals surface area contributed by atoms with Gasteiger partial charge in [0.15, 0.2) is 0 Å². The topological polar surface area (TPSA) is 78.4 Å². The summed E-state index contributed by atoms with van der Waals surface area (Å²) in [4.78, 5) is 22.5. The van der Waals surface area contributed by atoms with Gasteiger partial charge in [0.2, 0.25) is 11.8 Å². The van der Waals surface area contributed by atoms with Crippen LogP contribution in [0.4, 0.5) is 8.78 Å². The van der Waals surface area contributed by atoms with E-state index in [4.69, 9.17) is 0 Å². The highest BCUT2D eigenvalue weighted by Crippen LogP contribution is 2.23. The maximum atomic E-state index is 13.6. The highest BCUT2D eigenvalue weighted by molar-refractivity contribution is 5.84. The molecule has 7 heteroatoms. The Hall–Kier alpha value is -2.02. The van der Waals surface area contributed by atoms with E-state index in [1.165, 1.54) is 6.92 Å². The van der Waals surface area contributed by atoms with Crippen LogP contribution in [0.5, 0.6) is 0 Å². The van der Waals surface area contributed by atoms with Gasteiger partial charge < -0.3 is 15.7 Å². The number of carbonyl (C=O) groups excluding carboxylic acids is 2. The molecule has 21 heavy (non-hydrogen) atoms. The van der Waals surface area contributed by atoms with Crippen LogP contribution in [0, 0.1) is 11.6 Å². The second-order valence-electron chi connectivity index (χ2n) is 4.81. The van der Waals surface area contributed by atoms with Crippen LogP contribution in [0.25, 0.3) is 0 Å². The van der Waals surface area contributed by atoms with Crippen LogP contribution < -0.4 is 10.6 Å². The van der Waals surface area contributed by atoms with E-state index in [-0.39, 0.29) is 31.0 Å². The molecule has 1 unspecified atom stereocenters. The van der Waals surface area contributed by atoms with Crippen LogP contribution in [-0.2, 0) is 15.2 Å². The van der Waals surface area contributed by atoms with E-state index in [9.17, 15) is 23.5 Å². The van der Waals surface area contributed by atoms with Gasteiger partial charge in [0.25, 0.3) is 0 Å². The Kier molecular flexibility index (Phi) is 5.78. The van der Waals surface area contributed by atoms with E-state index >= 15 is 0 Å². The van der Waals surface area contributed by atoms with Gasteiger partial charge in [0.1, 0.15) is 17.2 Å². The molecule has 0 aliphatic heterocycles. The molecule has 0 aromatic heterocycles. The molecule has 1 rings (SSSR count). The quantitative estimate of drug-likeness (QED) is 0.727. The molecule has 0 aliphatic rings. The summed E-state index contributed by atoms with van der Waals surface area (Å²) < 4.78 is 26.4. The van der Waals surface area contributed by atoms with E-state index in [2.05, 4.69) is 10.6 Å². The number of nitrogens with one attached hydrogen (secondary N) is 2. The minimum atomic E-state index is -1.69. The first-order chi connectivity index (χ1) is 9.76. The molecule has 3 N–H and O–H groups in total. The summed E-state index contributed by atoms with van der Waals surface area (Å²) in [6, 6.07) is 2.80. The lowest BCUT2D eigenvalue weighted by Crippen LogP contribution is -2.43. The zero-order valence-electron chi connectivity index (χ0n) is 11.9. The molecular weight excluding hydrogens is 282 g/mol. The molecule has 0 bridgehead atoms. The number of carbonyl (C=O) groups is 2. The van der Waals surface area contributed by atoms with Crippen molar-refractivity contribution in [2.75, 3.05) is 13.1 Å². The first-order valence-corrected chi connectivity index (χ1v) is 6.47. The van der Waals surface area contributed by atoms with Crippen molar-refractivity contribution < 1.29 is 23.5 Å². The smallest absolute Gasteiger partial charge is 0.239 e. The molecule has 2 amide bonds. The predicted octanol–water partition coefficient (Wildman–Crippen LogP) is 0.815. The molecule has 0 spiro atoms. The van der Waals surface area contributed by atoms with Crippen molar-refractivity contribution in [2.45, 2.75) is 25.9 Å². The normalized spacial score (nSPS) is 13.4. The van der Waals surface area contributed by atoms with Crippen molar-refractivity contribution in [1.82, 2.24) is 10.6 Å². The highest BCUT2D eigenvalue weighted by atomic mass is 19.1. The van der Waals surface area contributed by atoms with Crippen LogP contribution >= 0.6 is 0 Å². The van der Waals surface area contributed by atoms with Gasteiger partial charge in [-0.1, -0.05) is 13.0 Å². The monoisotopic (exact) mass is 300 g/mol. The largest absolute Gasteiger partial charge is 0.383 e. The van der Waals surface area contributed by atoms with Gasteiger partial charge in [-0.05, 0) is 13.0 Å². The van der Waals surface area contributed by atoms with Crippen molar-refractivity contribution >= 4 is 11.8 Å². The van der Waals surface area contributed by atoms with E-state index in [1.54, 1.807) is 6.92 Å². The molecule has 0 saturated carbocycles. The average molecular weight is 300 g/mol. The zero-order valence-corrected chi connectivity index (χ0v) is 11.9.